The van der Waals surface area contributed by atoms with E-state index in [9.17, 15) is 19.2 Å². The second kappa shape index (κ2) is 12.1. The molecule has 4 atom stereocenters. The lowest BCUT2D eigenvalue weighted by Gasteiger charge is -2.27. The molecule has 0 aliphatic carbocycles. The normalized spacial score (nSPS) is 21.3. The number of aromatic nitrogens is 2. The van der Waals surface area contributed by atoms with Crippen molar-refractivity contribution in [2.75, 3.05) is 11.9 Å². The van der Waals surface area contributed by atoms with Crippen molar-refractivity contribution in [1.82, 2.24) is 9.55 Å². The van der Waals surface area contributed by atoms with Gasteiger partial charge >= 0.3 is 17.6 Å². The summed E-state index contributed by atoms with van der Waals surface area (Å²) in [6.45, 7) is 0.654. The summed E-state index contributed by atoms with van der Waals surface area (Å²) >= 11 is 0. The average molecular weight is 572 g/mol. The largest absolute Gasteiger partial charge is 0.459 e. The van der Waals surface area contributed by atoms with E-state index in [-0.39, 0.29) is 16.9 Å². The Kier molecular flexibility index (Phi) is 8.21. The molecule has 10 nitrogen and oxygen atoms in total. The molecule has 0 spiro atoms. The zero-order valence-electron chi connectivity index (χ0n) is 22.4. The highest BCUT2D eigenvalue weighted by molar-refractivity contribution is 6.03. The molecule has 1 saturated heterocycles. The van der Waals surface area contributed by atoms with Gasteiger partial charge in [-0.3, -0.25) is 9.36 Å². The van der Waals surface area contributed by atoms with Crippen molar-refractivity contribution in [3.05, 3.63) is 130 Å². The number of carbonyl (C=O) groups is 3. The maximum absolute atomic E-state index is 16.5. The highest BCUT2D eigenvalue weighted by atomic mass is 19.1. The van der Waals surface area contributed by atoms with Gasteiger partial charge in [0.1, 0.15) is 18.5 Å². The number of rotatable bonds is 8. The van der Waals surface area contributed by atoms with E-state index in [1.807, 2.05) is 0 Å². The molecule has 0 radical (unpaired) electrons. The summed E-state index contributed by atoms with van der Waals surface area (Å²) in [5, 5.41) is 2.52. The second-order valence-corrected chi connectivity index (χ2v) is 9.66. The Morgan fingerprint density at radius 1 is 0.881 bits per heavy atom. The minimum Gasteiger partial charge on any atom is -0.459 e. The number of benzene rings is 3. The van der Waals surface area contributed by atoms with E-state index in [1.54, 1.807) is 78.9 Å². The van der Waals surface area contributed by atoms with Crippen molar-refractivity contribution in [3.8, 4) is 0 Å². The number of hydrogen-bond donors (Lipinski definition) is 1. The van der Waals surface area contributed by atoms with Gasteiger partial charge in [-0.2, -0.15) is 4.98 Å². The molecule has 1 amide bonds. The van der Waals surface area contributed by atoms with Gasteiger partial charge < -0.3 is 19.5 Å². The van der Waals surface area contributed by atoms with Crippen molar-refractivity contribution in [1.29, 1.82) is 0 Å². The first-order valence-corrected chi connectivity index (χ1v) is 13.0. The van der Waals surface area contributed by atoms with Crippen LogP contribution < -0.4 is 11.0 Å². The van der Waals surface area contributed by atoms with E-state index in [1.165, 1.54) is 24.4 Å². The molecule has 1 aromatic heterocycles. The van der Waals surface area contributed by atoms with Gasteiger partial charge in [0.2, 0.25) is 0 Å². The maximum atomic E-state index is 16.5. The summed E-state index contributed by atoms with van der Waals surface area (Å²) in [5.74, 6) is -2.05. The van der Waals surface area contributed by atoms with Gasteiger partial charge in [-0.15, -0.1) is 0 Å². The minimum atomic E-state index is -2.46. The Hall–Kier alpha value is -5.16. The van der Waals surface area contributed by atoms with Crippen LogP contribution in [0.5, 0.6) is 0 Å². The van der Waals surface area contributed by atoms with Crippen LogP contribution in [0, 0.1) is 0 Å². The van der Waals surface area contributed by atoms with Gasteiger partial charge in [0.15, 0.2) is 18.0 Å². The second-order valence-electron chi connectivity index (χ2n) is 9.66. The number of carbonyl (C=O) groups excluding carboxylic acids is 3. The Balaban J connectivity index is 1.39. The molecule has 3 aromatic carbocycles. The fourth-order valence-corrected chi connectivity index (χ4v) is 4.54. The molecule has 0 unspecified atom stereocenters. The number of anilines is 1. The molecule has 4 aromatic rings. The Labute approximate surface area is 239 Å². The van der Waals surface area contributed by atoms with Crippen LogP contribution in [-0.4, -0.2) is 51.9 Å². The van der Waals surface area contributed by atoms with Gasteiger partial charge in [0, 0.05) is 11.8 Å². The predicted octanol–water partition coefficient (Wildman–Crippen LogP) is 4.20. The van der Waals surface area contributed by atoms with Gasteiger partial charge in [-0.25, -0.2) is 18.8 Å². The van der Waals surface area contributed by atoms with Crippen LogP contribution in [0.1, 0.15) is 44.2 Å². The van der Waals surface area contributed by atoms with Crippen molar-refractivity contribution >= 4 is 23.7 Å². The topological polar surface area (TPSA) is 126 Å². The quantitative estimate of drug-likeness (QED) is 0.312. The summed E-state index contributed by atoms with van der Waals surface area (Å²) in [6.07, 6.45) is -3.23. The van der Waals surface area contributed by atoms with Crippen LogP contribution in [-0.2, 0) is 14.2 Å². The van der Waals surface area contributed by atoms with Gasteiger partial charge in [-0.1, -0.05) is 54.6 Å². The fourth-order valence-electron chi connectivity index (χ4n) is 4.54. The average Bonchev–Trinajstić information content (AvgIpc) is 3.25. The zero-order chi connectivity index (χ0) is 29.7. The molecular weight excluding hydrogens is 545 g/mol. The highest BCUT2D eigenvalue weighted by Crippen LogP contribution is 2.43. The molecule has 0 saturated carbocycles. The van der Waals surface area contributed by atoms with Crippen LogP contribution >= 0.6 is 0 Å². The van der Waals surface area contributed by atoms with E-state index in [2.05, 4.69) is 10.3 Å². The Bertz CT molecular complexity index is 1630. The van der Waals surface area contributed by atoms with Crippen LogP contribution in [0.15, 0.2) is 108 Å². The standard InChI is InChI=1S/C31H26FN3O7/c1-31(32)25(42-28(38)22-15-9-4-10-16-22)23(19-40-27(37)21-13-7-3-8-14-21)41-29(31)35-18-17-24(34-30(35)39)33-26(36)20-11-5-2-6-12-20/h2-18,23,25,29H,19H2,1H3,(H,33,34,36,39)/t23-,25+,29-,31-/m1/s1. The molecular formula is C31H26FN3O7. The van der Waals surface area contributed by atoms with Crippen LogP contribution in [0.25, 0.3) is 0 Å². The van der Waals surface area contributed by atoms with Crippen LogP contribution in [0.2, 0.25) is 0 Å². The van der Waals surface area contributed by atoms with Crippen LogP contribution in [0.3, 0.4) is 0 Å². The summed E-state index contributed by atoms with van der Waals surface area (Å²) < 4.78 is 34.2. The van der Waals surface area contributed by atoms with E-state index in [0.29, 0.717) is 5.56 Å². The number of nitrogens with one attached hydrogen (secondary N) is 1. The van der Waals surface area contributed by atoms with Crippen molar-refractivity contribution in [3.63, 3.8) is 0 Å². The number of ether oxygens (including phenoxy) is 3. The first-order chi connectivity index (χ1) is 20.2. The molecule has 1 fully saturated rings. The number of halogens is 1. The predicted molar refractivity (Wildman–Crippen MR) is 149 cm³/mol. The van der Waals surface area contributed by atoms with Crippen molar-refractivity contribution in [2.45, 2.75) is 31.0 Å². The maximum Gasteiger partial charge on any atom is 0.351 e. The Morgan fingerprint density at radius 3 is 2.00 bits per heavy atom. The highest BCUT2D eigenvalue weighted by Gasteiger charge is 2.58. The fraction of sp³-hybridized carbons (Fsp3) is 0.194. The number of esters is 2. The first kappa shape index (κ1) is 28.4. The number of nitrogens with zero attached hydrogens (tertiary/aromatic N) is 2. The first-order valence-electron chi connectivity index (χ1n) is 13.0. The molecule has 1 N–H and O–H groups in total. The van der Waals surface area contributed by atoms with Crippen molar-refractivity contribution in [2.24, 2.45) is 0 Å². The van der Waals surface area contributed by atoms with Gasteiger partial charge in [0.05, 0.1) is 11.1 Å². The monoisotopic (exact) mass is 571 g/mol. The van der Waals surface area contributed by atoms with E-state index < -0.39 is 54.2 Å². The number of hydrogen-bond acceptors (Lipinski definition) is 8. The number of alkyl halides is 1. The van der Waals surface area contributed by atoms with Gasteiger partial charge in [0.25, 0.3) is 5.91 Å². The lowest BCUT2D eigenvalue weighted by molar-refractivity contribution is -0.0648. The smallest absolute Gasteiger partial charge is 0.351 e. The molecule has 214 valence electrons. The third-order valence-corrected chi connectivity index (χ3v) is 6.67. The molecule has 1 aliphatic rings. The summed E-state index contributed by atoms with van der Waals surface area (Å²) in [4.78, 5) is 54.8. The SMILES string of the molecule is C[C@@]1(F)[C@@H](OC(=O)c2ccccc2)[C@@H](COC(=O)c2ccccc2)O[C@H]1n1ccc(NC(=O)c2ccccc2)nc1=O. The lowest BCUT2D eigenvalue weighted by Crippen LogP contribution is -2.45. The lowest BCUT2D eigenvalue weighted by atomic mass is 9.98. The van der Waals surface area contributed by atoms with E-state index in [0.717, 1.165) is 11.5 Å². The molecule has 42 heavy (non-hydrogen) atoms. The molecule has 2 heterocycles. The third-order valence-electron chi connectivity index (χ3n) is 6.67. The van der Waals surface area contributed by atoms with E-state index in [4.69, 9.17) is 14.2 Å². The number of amides is 1. The molecule has 11 heteroatoms. The summed E-state index contributed by atoms with van der Waals surface area (Å²) in [6, 6.07) is 25.8. The van der Waals surface area contributed by atoms with Crippen LogP contribution in [0.4, 0.5) is 10.2 Å². The summed E-state index contributed by atoms with van der Waals surface area (Å²) in [7, 11) is 0. The zero-order valence-corrected chi connectivity index (χ0v) is 22.4. The van der Waals surface area contributed by atoms with E-state index >= 15 is 4.39 Å². The third kappa shape index (κ3) is 6.11. The summed E-state index contributed by atoms with van der Waals surface area (Å²) in [5.41, 5.74) is -2.59. The van der Waals surface area contributed by atoms with Crippen molar-refractivity contribution < 1.29 is 33.0 Å². The Morgan fingerprint density at radius 2 is 1.43 bits per heavy atom. The molecule has 1 aliphatic heterocycles. The molecule has 5 rings (SSSR count). The van der Waals surface area contributed by atoms with Gasteiger partial charge in [-0.05, 0) is 49.4 Å². The molecule has 0 bridgehead atoms. The minimum absolute atomic E-state index is 0.0518.